The fourth-order valence-corrected chi connectivity index (χ4v) is 5.42. The summed E-state index contributed by atoms with van der Waals surface area (Å²) in [5.41, 5.74) is 1.37. The van der Waals surface area contributed by atoms with Crippen LogP contribution in [0.4, 0.5) is 4.79 Å². The van der Waals surface area contributed by atoms with Crippen molar-refractivity contribution >= 4 is 28.9 Å². The van der Waals surface area contributed by atoms with E-state index >= 15 is 0 Å². The number of imide groups is 1. The number of fused-ring (bicyclic) bond motifs is 1. The van der Waals surface area contributed by atoms with E-state index in [0.29, 0.717) is 43.7 Å². The summed E-state index contributed by atoms with van der Waals surface area (Å²) >= 11 is 0. The summed E-state index contributed by atoms with van der Waals surface area (Å²) < 4.78 is 5.35. The van der Waals surface area contributed by atoms with E-state index in [1.807, 2.05) is 36.9 Å². The molecule has 0 bridgehead atoms. The lowest BCUT2D eigenvalue weighted by atomic mass is 9.74. The molecule has 0 radical (unpaired) electrons. The van der Waals surface area contributed by atoms with Gasteiger partial charge in [0.05, 0.1) is 23.8 Å². The van der Waals surface area contributed by atoms with Crippen LogP contribution in [0, 0.1) is 12.8 Å². The number of furan rings is 1. The molecule has 0 saturated carbocycles. The van der Waals surface area contributed by atoms with Crippen LogP contribution in [0.1, 0.15) is 54.5 Å². The average Bonchev–Trinajstić information content (AvgIpc) is 3.54. The van der Waals surface area contributed by atoms with Crippen molar-refractivity contribution < 1.29 is 18.8 Å². The Morgan fingerprint density at radius 3 is 2.74 bits per heavy atom. The topological polar surface area (TPSA) is 112 Å². The normalized spacial score (nSPS) is 21.5. The third kappa shape index (κ3) is 3.74. The number of rotatable bonds is 6. The first-order valence-electron chi connectivity index (χ1n) is 11.8. The zero-order valence-electron chi connectivity index (χ0n) is 19.5. The molecule has 5 rings (SSSR count). The Morgan fingerprint density at radius 1 is 1.24 bits per heavy atom. The summed E-state index contributed by atoms with van der Waals surface area (Å²) in [4.78, 5) is 50.1. The molecule has 4 amide bonds. The summed E-state index contributed by atoms with van der Waals surface area (Å²) in [6.07, 6.45) is 4.17. The number of urea groups is 1. The standard InChI is InChI=1S/C25H29N5O4/c1-3-10-25(23(32)30(24(33)28-25)15-19-5-4-13-34-19)18-8-11-29(12-9-18)22(31)17-6-7-20-21(14-17)27-16(2)26-20/h4-7,13-14,18H,3,8-12,15H2,1-2H3,(H,26,27)(H,28,33). The molecule has 1 atom stereocenters. The molecule has 2 saturated heterocycles. The molecule has 4 heterocycles. The molecule has 2 aromatic heterocycles. The number of hydrogen-bond donors (Lipinski definition) is 2. The minimum atomic E-state index is -0.931. The van der Waals surface area contributed by atoms with E-state index in [1.165, 1.54) is 11.2 Å². The molecule has 3 aromatic rings. The fourth-order valence-electron chi connectivity index (χ4n) is 5.42. The molecular formula is C25H29N5O4. The number of likely N-dealkylation sites (tertiary alicyclic amines) is 1. The number of nitrogens with one attached hydrogen (secondary N) is 2. The number of hydrogen-bond acceptors (Lipinski definition) is 5. The predicted octanol–water partition coefficient (Wildman–Crippen LogP) is 3.61. The average molecular weight is 464 g/mol. The number of carbonyl (C=O) groups excluding carboxylic acids is 3. The smallest absolute Gasteiger partial charge is 0.325 e. The van der Waals surface area contributed by atoms with Gasteiger partial charge in [0.1, 0.15) is 17.1 Å². The van der Waals surface area contributed by atoms with Crippen LogP contribution in [0.3, 0.4) is 0 Å². The first kappa shape index (κ1) is 22.2. The van der Waals surface area contributed by atoms with E-state index in [4.69, 9.17) is 4.42 Å². The SMILES string of the molecule is CCCC1(C2CCN(C(=O)c3ccc4nc(C)[nH]c4c3)CC2)NC(=O)N(Cc2ccco2)C1=O. The predicted molar refractivity (Wildman–Crippen MR) is 125 cm³/mol. The van der Waals surface area contributed by atoms with Crippen LogP contribution >= 0.6 is 0 Å². The number of aromatic nitrogens is 2. The second kappa shape index (κ2) is 8.62. The van der Waals surface area contributed by atoms with E-state index in [1.54, 1.807) is 12.1 Å². The molecule has 2 aliphatic rings. The summed E-state index contributed by atoms with van der Waals surface area (Å²) in [6.45, 7) is 5.10. The van der Waals surface area contributed by atoms with Gasteiger partial charge in [0.15, 0.2) is 0 Å². The van der Waals surface area contributed by atoms with Crippen molar-refractivity contribution in [1.82, 2.24) is 25.1 Å². The molecule has 2 fully saturated rings. The highest BCUT2D eigenvalue weighted by molar-refractivity contribution is 6.07. The third-order valence-corrected chi connectivity index (χ3v) is 7.07. The molecule has 9 nitrogen and oxygen atoms in total. The third-order valence-electron chi connectivity index (χ3n) is 7.07. The minimum absolute atomic E-state index is 0.0293. The van der Waals surface area contributed by atoms with Crippen molar-refractivity contribution in [3.05, 3.63) is 53.7 Å². The van der Waals surface area contributed by atoms with Gasteiger partial charge in [-0.25, -0.2) is 9.78 Å². The first-order valence-corrected chi connectivity index (χ1v) is 11.8. The van der Waals surface area contributed by atoms with E-state index in [2.05, 4.69) is 15.3 Å². The van der Waals surface area contributed by atoms with Crippen LogP contribution in [-0.2, 0) is 11.3 Å². The summed E-state index contributed by atoms with van der Waals surface area (Å²) in [6, 6.07) is 8.63. The number of imidazole rings is 1. The second-order valence-electron chi connectivity index (χ2n) is 9.24. The molecule has 9 heteroatoms. The van der Waals surface area contributed by atoms with Crippen LogP contribution < -0.4 is 5.32 Å². The number of amides is 4. The molecular weight excluding hydrogens is 434 g/mol. The molecule has 34 heavy (non-hydrogen) atoms. The van der Waals surface area contributed by atoms with Gasteiger partial charge in [-0.3, -0.25) is 14.5 Å². The lowest BCUT2D eigenvalue weighted by Gasteiger charge is -2.41. The maximum Gasteiger partial charge on any atom is 0.325 e. The van der Waals surface area contributed by atoms with Gasteiger partial charge in [0, 0.05) is 18.7 Å². The maximum absolute atomic E-state index is 13.5. The van der Waals surface area contributed by atoms with Crippen LogP contribution in [0.15, 0.2) is 41.0 Å². The number of carbonyl (C=O) groups is 3. The number of nitrogens with zero attached hydrogens (tertiary/aromatic N) is 3. The van der Waals surface area contributed by atoms with Gasteiger partial charge in [-0.15, -0.1) is 0 Å². The largest absolute Gasteiger partial charge is 0.467 e. The van der Waals surface area contributed by atoms with Gasteiger partial charge < -0.3 is 19.6 Å². The van der Waals surface area contributed by atoms with Crippen LogP contribution in [0.25, 0.3) is 11.0 Å². The molecule has 2 aliphatic heterocycles. The van der Waals surface area contributed by atoms with Crippen molar-refractivity contribution in [2.45, 2.75) is 51.6 Å². The van der Waals surface area contributed by atoms with Crippen molar-refractivity contribution in [2.24, 2.45) is 5.92 Å². The number of aromatic amines is 1. The van der Waals surface area contributed by atoms with Gasteiger partial charge in [-0.05, 0) is 62.4 Å². The highest BCUT2D eigenvalue weighted by Crippen LogP contribution is 2.38. The van der Waals surface area contributed by atoms with E-state index < -0.39 is 5.54 Å². The Hall–Kier alpha value is -3.62. The van der Waals surface area contributed by atoms with Gasteiger partial charge in [0.2, 0.25) is 0 Å². The van der Waals surface area contributed by atoms with Crippen molar-refractivity contribution in [2.75, 3.05) is 13.1 Å². The number of piperidine rings is 1. The van der Waals surface area contributed by atoms with E-state index in [9.17, 15) is 14.4 Å². The Bertz CT molecular complexity index is 1230. The van der Waals surface area contributed by atoms with Crippen LogP contribution in [0.2, 0.25) is 0 Å². The molecule has 0 aliphatic carbocycles. The van der Waals surface area contributed by atoms with Crippen molar-refractivity contribution in [3.63, 3.8) is 0 Å². The first-order chi connectivity index (χ1) is 16.4. The lowest BCUT2D eigenvalue weighted by Crippen LogP contribution is -2.56. The zero-order valence-corrected chi connectivity index (χ0v) is 19.5. The quantitative estimate of drug-likeness (QED) is 0.543. The lowest BCUT2D eigenvalue weighted by molar-refractivity contribution is -0.134. The highest BCUT2D eigenvalue weighted by atomic mass is 16.3. The minimum Gasteiger partial charge on any atom is -0.467 e. The van der Waals surface area contributed by atoms with Crippen molar-refractivity contribution in [1.29, 1.82) is 0 Å². The maximum atomic E-state index is 13.5. The summed E-state index contributed by atoms with van der Waals surface area (Å²) in [5.74, 6) is 1.12. The van der Waals surface area contributed by atoms with Crippen molar-refractivity contribution in [3.8, 4) is 0 Å². The molecule has 0 spiro atoms. The molecule has 1 unspecified atom stereocenters. The fraction of sp³-hybridized carbons (Fsp3) is 0.440. The Balaban J connectivity index is 1.30. The van der Waals surface area contributed by atoms with Gasteiger partial charge in [0.25, 0.3) is 11.8 Å². The highest BCUT2D eigenvalue weighted by Gasteiger charge is 2.55. The summed E-state index contributed by atoms with van der Waals surface area (Å²) in [5, 5.41) is 3.03. The second-order valence-corrected chi connectivity index (χ2v) is 9.24. The van der Waals surface area contributed by atoms with Gasteiger partial charge >= 0.3 is 6.03 Å². The monoisotopic (exact) mass is 463 g/mol. The summed E-state index contributed by atoms with van der Waals surface area (Å²) in [7, 11) is 0. The van der Waals surface area contributed by atoms with Gasteiger partial charge in [-0.2, -0.15) is 0 Å². The molecule has 1 aromatic carbocycles. The van der Waals surface area contributed by atoms with Crippen LogP contribution in [0.5, 0.6) is 0 Å². The number of H-pyrrole nitrogens is 1. The van der Waals surface area contributed by atoms with Crippen LogP contribution in [-0.4, -0.2) is 56.2 Å². The molecule has 2 N–H and O–H groups in total. The van der Waals surface area contributed by atoms with Gasteiger partial charge in [-0.1, -0.05) is 13.3 Å². The Kier molecular flexibility index (Phi) is 5.63. The van der Waals surface area contributed by atoms with E-state index in [-0.39, 0.29) is 30.3 Å². The molecule has 178 valence electrons. The Morgan fingerprint density at radius 2 is 2.03 bits per heavy atom. The number of aryl methyl sites for hydroxylation is 1. The number of benzene rings is 1. The Labute approximate surface area is 197 Å². The van der Waals surface area contributed by atoms with E-state index in [0.717, 1.165) is 23.3 Å². The zero-order chi connectivity index (χ0) is 23.9.